The highest BCUT2D eigenvalue weighted by Crippen LogP contribution is 2.14. The molecule has 1 aliphatic heterocycles. The third-order valence-corrected chi connectivity index (χ3v) is 2.94. The zero-order valence-corrected chi connectivity index (χ0v) is 9.60. The first kappa shape index (κ1) is 12.9. The molecule has 1 aromatic carbocycles. The Bertz CT molecular complexity index is 455. The van der Waals surface area contributed by atoms with Gasteiger partial charge in [0.1, 0.15) is 5.82 Å². The molecule has 0 aromatic heterocycles. The van der Waals surface area contributed by atoms with E-state index in [1.807, 2.05) is 0 Å². The number of hydrogen-bond donors (Lipinski definition) is 2. The summed E-state index contributed by atoms with van der Waals surface area (Å²) in [6, 6.07) is 1.41. The van der Waals surface area contributed by atoms with Gasteiger partial charge >= 0.3 is 0 Å². The monoisotopic (exact) mass is 258 g/mol. The maximum atomic E-state index is 13.3. The summed E-state index contributed by atoms with van der Waals surface area (Å²) < 4.78 is 39.0. The number of carbonyl (C=O) groups is 1. The van der Waals surface area contributed by atoms with Crippen LogP contribution in [0.3, 0.4) is 0 Å². The number of piperidine rings is 1. The van der Waals surface area contributed by atoms with E-state index in [0.29, 0.717) is 25.5 Å². The quantitative estimate of drug-likeness (QED) is 0.806. The molecule has 1 atom stereocenters. The molecule has 0 bridgehead atoms. The van der Waals surface area contributed by atoms with Crippen molar-refractivity contribution in [3.63, 3.8) is 0 Å². The van der Waals surface area contributed by atoms with Crippen LogP contribution >= 0.6 is 0 Å². The molecular formula is C12H13F3N2O. The minimum Gasteiger partial charge on any atom is -0.355 e. The topological polar surface area (TPSA) is 41.1 Å². The molecule has 98 valence electrons. The predicted octanol–water partition coefficient (Wildman–Crippen LogP) is 1.47. The van der Waals surface area contributed by atoms with Gasteiger partial charge in [0, 0.05) is 37.2 Å². The van der Waals surface area contributed by atoms with Crippen molar-refractivity contribution in [2.24, 2.45) is 0 Å². The SMILES string of the molecule is O=C1CCC(NCc2cc(F)c(F)cc2F)CN1. The smallest absolute Gasteiger partial charge is 0.220 e. The summed E-state index contributed by atoms with van der Waals surface area (Å²) in [4.78, 5) is 10.9. The first-order valence-electron chi connectivity index (χ1n) is 5.70. The van der Waals surface area contributed by atoms with E-state index in [1.165, 1.54) is 0 Å². The summed E-state index contributed by atoms with van der Waals surface area (Å²) in [5.41, 5.74) is 0.0748. The molecule has 3 nitrogen and oxygen atoms in total. The van der Waals surface area contributed by atoms with E-state index in [1.54, 1.807) is 0 Å². The molecule has 1 unspecified atom stereocenters. The van der Waals surface area contributed by atoms with Gasteiger partial charge in [-0.2, -0.15) is 0 Å². The molecule has 18 heavy (non-hydrogen) atoms. The second kappa shape index (κ2) is 5.39. The van der Waals surface area contributed by atoms with Crippen molar-refractivity contribution in [2.45, 2.75) is 25.4 Å². The van der Waals surface area contributed by atoms with E-state index in [0.717, 1.165) is 6.07 Å². The Morgan fingerprint density at radius 2 is 1.94 bits per heavy atom. The molecule has 0 aliphatic carbocycles. The van der Waals surface area contributed by atoms with Crippen LogP contribution in [0.25, 0.3) is 0 Å². The van der Waals surface area contributed by atoms with Gasteiger partial charge in [-0.3, -0.25) is 4.79 Å². The highest BCUT2D eigenvalue weighted by atomic mass is 19.2. The molecular weight excluding hydrogens is 245 g/mol. The molecule has 0 saturated carbocycles. The van der Waals surface area contributed by atoms with Crippen LogP contribution in [-0.2, 0) is 11.3 Å². The molecule has 0 radical (unpaired) electrons. The Balaban J connectivity index is 1.94. The van der Waals surface area contributed by atoms with Crippen LogP contribution in [-0.4, -0.2) is 18.5 Å². The van der Waals surface area contributed by atoms with Gasteiger partial charge in [-0.15, -0.1) is 0 Å². The number of amides is 1. The second-order valence-corrected chi connectivity index (χ2v) is 4.28. The second-order valence-electron chi connectivity index (χ2n) is 4.28. The average Bonchev–Trinajstić information content (AvgIpc) is 2.34. The van der Waals surface area contributed by atoms with Gasteiger partial charge in [0.2, 0.25) is 5.91 Å². The predicted molar refractivity (Wildman–Crippen MR) is 59.2 cm³/mol. The van der Waals surface area contributed by atoms with E-state index in [-0.39, 0.29) is 24.1 Å². The van der Waals surface area contributed by atoms with Gasteiger partial charge in [-0.1, -0.05) is 0 Å². The van der Waals surface area contributed by atoms with E-state index in [2.05, 4.69) is 10.6 Å². The third kappa shape index (κ3) is 3.01. The summed E-state index contributed by atoms with van der Waals surface area (Å²) in [5.74, 6) is -3.04. The highest BCUT2D eigenvalue weighted by molar-refractivity contribution is 5.76. The van der Waals surface area contributed by atoms with Crippen LogP contribution in [0.2, 0.25) is 0 Å². The fourth-order valence-corrected chi connectivity index (χ4v) is 1.86. The molecule has 1 fully saturated rings. The summed E-state index contributed by atoms with van der Waals surface area (Å²) in [6.45, 7) is 0.563. The normalized spacial score (nSPS) is 19.7. The van der Waals surface area contributed by atoms with E-state index >= 15 is 0 Å². The first-order chi connectivity index (χ1) is 8.56. The van der Waals surface area contributed by atoms with Crippen molar-refractivity contribution in [3.8, 4) is 0 Å². The van der Waals surface area contributed by atoms with Crippen molar-refractivity contribution in [1.82, 2.24) is 10.6 Å². The lowest BCUT2D eigenvalue weighted by Crippen LogP contribution is -2.45. The molecule has 1 heterocycles. The zero-order chi connectivity index (χ0) is 13.1. The molecule has 6 heteroatoms. The van der Waals surface area contributed by atoms with Gasteiger partial charge in [-0.05, 0) is 12.5 Å². The summed E-state index contributed by atoms with van der Waals surface area (Å²) >= 11 is 0. The van der Waals surface area contributed by atoms with Crippen molar-refractivity contribution in [3.05, 3.63) is 35.1 Å². The van der Waals surface area contributed by atoms with E-state index in [9.17, 15) is 18.0 Å². The van der Waals surface area contributed by atoms with Gasteiger partial charge in [0.25, 0.3) is 0 Å². The van der Waals surface area contributed by atoms with Crippen LogP contribution in [0, 0.1) is 17.5 Å². The van der Waals surface area contributed by atoms with Crippen molar-refractivity contribution >= 4 is 5.91 Å². The van der Waals surface area contributed by atoms with Crippen LogP contribution in [0.5, 0.6) is 0 Å². The van der Waals surface area contributed by atoms with Gasteiger partial charge in [0.15, 0.2) is 11.6 Å². The third-order valence-electron chi connectivity index (χ3n) is 2.94. The Morgan fingerprint density at radius 1 is 1.22 bits per heavy atom. The zero-order valence-electron chi connectivity index (χ0n) is 9.60. The maximum Gasteiger partial charge on any atom is 0.220 e. The van der Waals surface area contributed by atoms with Crippen LogP contribution < -0.4 is 10.6 Å². The van der Waals surface area contributed by atoms with Crippen LogP contribution in [0.4, 0.5) is 13.2 Å². The molecule has 2 N–H and O–H groups in total. The van der Waals surface area contributed by atoms with Crippen LogP contribution in [0.1, 0.15) is 18.4 Å². The Labute approximate surface area is 102 Å². The van der Waals surface area contributed by atoms with Gasteiger partial charge in [0.05, 0.1) is 0 Å². The number of nitrogens with one attached hydrogen (secondary N) is 2. The summed E-state index contributed by atoms with van der Waals surface area (Å²) in [5, 5.41) is 5.68. The van der Waals surface area contributed by atoms with Gasteiger partial charge < -0.3 is 10.6 Å². The Hall–Kier alpha value is -1.56. The first-order valence-corrected chi connectivity index (χ1v) is 5.70. The number of halogens is 3. The average molecular weight is 258 g/mol. The molecule has 2 rings (SSSR count). The fraction of sp³-hybridized carbons (Fsp3) is 0.417. The molecule has 0 spiro atoms. The van der Waals surface area contributed by atoms with Crippen LogP contribution in [0.15, 0.2) is 12.1 Å². The van der Waals surface area contributed by atoms with Crippen molar-refractivity contribution in [2.75, 3.05) is 6.54 Å². The van der Waals surface area contributed by atoms with Crippen molar-refractivity contribution < 1.29 is 18.0 Å². The minimum atomic E-state index is -1.19. The molecule has 1 amide bonds. The van der Waals surface area contributed by atoms with Gasteiger partial charge in [-0.25, -0.2) is 13.2 Å². The number of carbonyl (C=O) groups excluding carboxylic acids is 1. The summed E-state index contributed by atoms with van der Waals surface area (Å²) in [7, 11) is 0. The van der Waals surface area contributed by atoms with Crippen molar-refractivity contribution in [1.29, 1.82) is 0 Å². The lowest BCUT2D eigenvalue weighted by atomic mass is 10.1. The number of rotatable bonds is 3. The lowest BCUT2D eigenvalue weighted by molar-refractivity contribution is -0.122. The minimum absolute atomic E-state index is 0.00735. The standard InChI is InChI=1S/C12H13F3N2O/c13-9-4-11(15)10(14)3-7(9)5-16-8-1-2-12(18)17-6-8/h3-4,8,16H,1-2,5-6H2,(H,17,18). The largest absolute Gasteiger partial charge is 0.355 e. The molecule has 1 aliphatic rings. The maximum absolute atomic E-state index is 13.3. The molecule has 1 aromatic rings. The summed E-state index contributed by atoms with van der Waals surface area (Å²) in [6.07, 6.45) is 1.06. The lowest BCUT2D eigenvalue weighted by Gasteiger charge is -2.23. The number of benzene rings is 1. The fourth-order valence-electron chi connectivity index (χ4n) is 1.86. The molecule has 1 saturated heterocycles. The number of hydrogen-bond acceptors (Lipinski definition) is 2. The highest BCUT2D eigenvalue weighted by Gasteiger charge is 2.18. The van der Waals surface area contributed by atoms with E-state index in [4.69, 9.17) is 0 Å². The van der Waals surface area contributed by atoms with E-state index < -0.39 is 17.5 Å². The Kier molecular flexibility index (Phi) is 3.86. The Morgan fingerprint density at radius 3 is 2.61 bits per heavy atom.